The van der Waals surface area contributed by atoms with E-state index < -0.39 is 10.0 Å². The van der Waals surface area contributed by atoms with Gasteiger partial charge in [0.2, 0.25) is 0 Å². The molecular formula is C21H25ClN2O3S. The van der Waals surface area contributed by atoms with Gasteiger partial charge in [0.05, 0.1) is 5.02 Å². The van der Waals surface area contributed by atoms with Crippen molar-refractivity contribution in [3.05, 3.63) is 58.6 Å². The molecule has 0 atom stereocenters. The molecule has 1 aliphatic carbocycles. The number of amides is 1. The first-order valence-electron chi connectivity index (χ1n) is 9.44. The Bertz CT molecular complexity index is 952. The number of hydrogen-bond donors (Lipinski definition) is 1. The van der Waals surface area contributed by atoms with Crippen molar-refractivity contribution in [2.75, 3.05) is 11.8 Å². The van der Waals surface area contributed by atoms with Crippen molar-refractivity contribution in [2.45, 2.75) is 50.0 Å². The molecule has 1 fully saturated rings. The monoisotopic (exact) mass is 420 g/mol. The molecule has 3 rings (SSSR count). The van der Waals surface area contributed by atoms with Gasteiger partial charge in [-0.25, -0.2) is 8.42 Å². The highest BCUT2D eigenvalue weighted by molar-refractivity contribution is 7.92. The van der Waals surface area contributed by atoms with Gasteiger partial charge in [-0.3, -0.25) is 9.52 Å². The van der Waals surface area contributed by atoms with Crippen LogP contribution >= 0.6 is 11.6 Å². The fourth-order valence-electron chi connectivity index (χ4n) is 3.51. The fraction of sp³-hybridized carbons (Fsp3) is 0.381. The summed E-state index contributed by atoms with van der Waals surface area (Å²) in [5.74, 6) is -0.185. The maximum atomic E-state index is 12.9. The third kappa shape index (κ3) is 4.67. The molecule has 28 heavy (non-hydrogen) atoms. The van der Waals surface area contributed by atoms with Crippen molar-refractivity contribution in [1.29, 1.82) is 0 Å². The Labute approximate surface area is 171 Å². The van der Waals surface area contributed by atoms with Crippen LogP contribution in [0.5, 0.6) is 0 Å². The summed E-state index contributed by atoms with van der Waals surface area (Å²) in [6.07, 6.45) is 5.39. The summed E-state index contributed by atoms with van der Waals surface area (Å²) < 4.78 is 28.2. The minimum Gasteiger partial charge on any atom is -0.339 e. The lowest BCUT2D eigenvalue weighted by Crippen LogP contribution is -2.38. The van der Waals surface area contributed by atoms with E-state index in [1.165, 1.54) is 18.6 Å². The molecule has 0 spiro atoms. The van der Waals surface area contributed by atoms with Crippen LogP contribution in [0.3, 0.4) is 0 Å². The predicted octanol–water partition coefficient (Wildman–Crippen LogP) is 4.85. The summed E-state index contributed by atoms with van der Waals surface area (Å²) in [5.41, 5.74) is 1.79. The topological polar surface area (TPSA) is 66.5 Å². The Morgan fingerprint density at radius 3 is 2.36 bits per heavy atom. The second kappa shape index (κ2) is 8.53. The van der Waals surface area contributed by atoms with Gasteiger partial charge in [-0.15, -0.1) is 0 Å². The first-order valence-corrected chi connectivity index (χ1v) is 11.3. The third-order valence-electron chi connectivity index (χ3n) is 5.21. The van der Waals surface area contributed by atoms with Crippen LogP contribution in [0.25, 0.3) is 0 Å². The van der Waals surface area contributed by atoms with Crippen molar-refractivity contribution in [3.8, 4) is 0 Å². The van der Waals surface area contributed by atoms with Crippen molar-refractivity contribution >= 4 is 33.2 Å². The molecule has 2 aromatic rings. The number of carbonyl (C=O) groups is 1. The number of hydrogen-bond acceptors (Lipinski definition) is 3. The van der Waals surface area contributed by atoms with E-state index in [2.05, 4.69) is 4.72 Å². The summed E-state index contributed by atoms with van der Waals surface area (Å²) in [7, 11) is -2.13. The molecule has 0 heterocycles. The number of aryl methyl sites for hydroxylation is 1. The molecular weight excluding hydrogens is 396 g/mol. The quantitative estimate of drug-likeness (QED) is 0.751. The van der Waals surface area contributed by atoms with E-state index in [9.17, 15) is 13.2 Å². The van der Waals surface area contributed by atoms with Crippen molar-refractivity contribution in [3.63, 3.8) is 0 Å². The van der Waals surface area contributed by atoms with Gasteiger partial charge >= 0.3 is 0 Å². The lowest BCUT2D eigenvalue weighted by atomic mass is 9.94. The minimum atomic E-state index is -3.92. The van der Waals surface area contributed by atoms with Gasteiger partial charge in [-0.1, -0.05) is 48.6 Å². The Balaban J connectivity index is 1.85. The molecule has 1 saturated carbocycles. The van der Waals surface area contributed by atoms with Crippen LogP contribution in [0.15, 0.2) is 47.4 Å². The Hall–Kier alpha value is -2.05. The summed E-state index contributed by atoms with van der Waals surface area (Å²) in [6, 6.07) is 11.6. The maximum absolute atomic E-state index is 12.9. The van der Waals surface area contributed by atoms with E-state index in [4.69, 9.17) is 11.6 Å². The van der Waals surface area contributed by atoms with Gasteiger partial charge in [0.15, 0.2) is 0 Å². The smallest absolute Gasteiger partial charge is 0.263 e. The number of anilines is 1. The molecule has 0 aromatic heterocycles. The molecule has 1 N–H and O–H groups in total. The largest absolute Gasteiger partial charge is 0.339 e. The summed E-state index contributed by atoms with van der Waals surface area (Å²) in [5, 5.41) is 0.0801. The van der Waals surface area contributed by atoms with E-state index in [-0.39, 0.29) is 21.9 Å². The van der Waals surface area contributed by atoms with Gasteiger partial charge in [0, 0.05) is 24.3 Å². The average molecular weight is 421 g/mol. The van der Waals surface area contributed by atoms with E-state index in [1.807, 2.05) is 19.1 Å². The number of rotatable bonds is 5. The number of carbonyl (C=O) groups excluding carboxylic acids is 1. The van der Waals surface area contributed by atoms with Crippen LogP contribution in [0, 0.1) is 6.92 Å². The molecule has 1 amide bonds. The highest BCUT2D eigenvalue weighted by Crippen LogP contribution is 2.27. The Morgan fingerprint density at radius 1 is 1.07 bits per heavy atom. The zero-order chi connectivity index (χ0) is 20.3. The minimum absolute atomic E-state index is 0.0801. The number of benzene rings is 2. The van der Waals surface area contributed by atoms with Gasteiger partial charge in [0.1, 0.15) is 4.90 Å². The Morgan fingerprint density at radius 2 is 1.71 bits per heavy atom. The standard InChI is InChI=1S/C21H25ClN2O3S/c1-15-8-11-17(12-9-15)23-28(26,27)20-14-16(10-13-19(20)22)21(25)24(2)18-6-4-3-5-7-18/h8-14,18,23H,3-7H2,1-2H3. The first kappa shape index (κ1) is 20.7. The van der Waals surface area contributed by atoms with Crippen LogP contribution in [-0.4, -0.2) is 32.3 Å². The summed E-state index contributed by atoms with van der Waals surface area (Å²) in [6.45, 7) is 1.92. The van der Waals surface area contributed by atoms with Crippen LogP contribution in [0.2, 0.25) is 5.02 Å². The lowest BCUT2D eigenvalue weighted by Gasteiger charge is -2.31. The van der Waals surface area contributed by atoms with E-state index in [0.29, 0.717) is 11.3 Å². The van der Waals surface area contributed by atoms with Crippen LogP contribution in [-0.2, 0) is 10.0 Å². The molecule has 0 unspecified atom stereocenters. The van der Waals surface area contributed by atoms with Gasteiger partial charge in [-0.2, -0.15) is 0 Å². The van der Waals surface area contributed by atoms with Crippen molar-refractivity contribution in [2.24, 2.45) is 0 Å². The van der Waals surface area contributed by atoms with E-state index >= 15 is 0 Å². The molecule has 0 bridgehead atoms. The number of nitrogens with one attached hydrogen (secondary N) is 1. The molecule has 1 aliphatic rings. The van der Waals surface area contributed by atoms with Crippen LogP contribution < -0.4 is 4.72 Å². The SMILES string of the molecule is Cc1ccc(NS(=O)(=O)c2cc(C(=O)N(C)C3CCCCC3)ccc2Cl)cc1. The second-order valence-electron chi connectivity index (χ2n) is 7.32. The van der Waals surface area contributed by atoms with E-state index in [0.717, 1.165) is 31.2 Å². The highest BCUT2D eigenvalue weighted by Gasteiger charge is 2.25. The van der Waals surface area contributed by atoms with Gasteiger partial charge in [0.25, 0.3) is 15.9 Å². The Kier molecular flexibility index (Phi) is 6.30. The first-order chi connectivity index (χ1) is 13.3. The lowest BCUT2D eigenvalue weighted by molar-refractivity contribution is 0.0696. The number of nitrogens with zero attached hydrogens (tertiary/aromatic N) is 1. The third-order valence-corrected chi connectivity index (χ3v) is 7.08. The van der Waals surface area contributed by atoms with Crippen molar-refractivity contribution < 1.29 is 13.2 Å². The molecule has 7 heteroatoms. The van der Waals surface area contributed by atoms with Gasteiger partial charge < -0.3 is 4.90 Å². The fourth-order valence-corrected chi connectivity index (χ4v) is 5.10. The normalized spacial score (nSPS) is 15.2. The zero-order valence-corrected chi connectivity index (χ0v) is 17.7. The molecule has 2 aromatic carbocycles. The van der Waals surface area contributed by atoms with Crippen molar-refractivity contribution in [1.82, 2.24) is 4.90 Å². The van der Waals surface area contributed by atoms with Gasteiger partial charge in [-0.05, 0) is 50.1 Å². The summed E-state index contributed by atoms with van der Waals surface area (Å²) in [4.78, 5) is 14.5. The number of sulfonamides is 1. The average Bonchev–Trinajstić information content (AvgIpc) is 2.69. The highest BCUT2D eigenvalue weighted by atomic mass is 35.5. The molecule has 0 aliphatic heterocycles. The second-order valence-corrected chi connectivity index (χ2v) is 9.38. The number of halogens is 1. The maximum Gasteiger partial charge on any atom is 0.263 e. The molecule has 0 saturated heterocycles. The van der Waals surface area contributed by atoms with Crippen LogP contribution in [0.1, 0.15) is 48.0 Å². The molecule has 0 radical (unpaired) electrons. The van der Waals surface area contributed by atoms with Crippen LogP contribution in [0.4, 0.5) is 5.69 Å². The van der Waals surface area contributed by atoms with E-state index in [1.54, 1.807) is 30.1 Å². The predicted molar refractivity (Wildman–Crippen MR) is 112 cm³/mol. The molecule has 5 nitrogen and oxygen atoms in total. The molecule has 150 valence electrons. The summed E-state index contributed by atoms with van der Waals surface area (Å²) >= 11 is 6.16. The zero-order valence-electron chi connectivity index (χ0n) is 16.1.